The minimum Gasteiger partial charge on any atom is -0.486 e. The highest BCUT2D eigenvalue weighted by Crippen LogP contribution is 2.36. The molecule has 0 saturated heterocycles. The maximum Gasteiger partial charge on any atom is 0.431 e. The number of ether oxygens (including phenoxy) is 1. The number of H-pyrrole nitrogens is 1. The van der Waals surface area contributed by atoms with Crippen LogP contribution in [-0.2, 0) is 6.18 Å². The lowest BCUT2D eigenvalue weighted by Gasteiger charge is -2.17. The van der Waals surface area contributed by atoms with Gasteiger partial charge in [-0.25, -0.2) is 0 Å². The van der Waals surface area contributed by atoms with Gasteiger partial charge in [0.2, 0.25) is 0 Å². The molecule has 0 aliphatic heterocycles. The number of nitrogens with zero attached hydrogens (tertiary/aromatic N) is 1. The highest BCUT2D eigenvalue weighted by Gasteiger charge is 2.36. The average Bonchev–Trinajstić information content (AvgIpc) is 2.73. The number of aromatic amines is 1. The maximum atomic E-state index is 13.4. The summed E-state index contributed by atoms with van der Waals surface area (Å²) >= 11 is 0. The van der Waals surface area contributed by atoms with Crippen molar-refractivity contribution in [2.45, 2.75) is 19.2 Å². The van der Waals surface area contributed by atoms with Gasteiger partial charge in [-0.15, -0.1) is 0 Å². The molecule has 2 aromatic carbocycles. The van der Waals surface area contributed by atoms with Crippen LogP contribution >= 0.6 is 0 Å². The first-order valence-corrected chi connectivity index (χ1v) is 9.01. The summed E-state index contributed by atoms with van der Waals surface area (Å²) in [5.74, 6) is -0.753. The molecule has 6 nitrogen and oxygen atoms in total. The van der Waals surface area contributed by atoms with Crippen molar-refractivity contribution < 1.29 is 22.7 Å². The number of primary amides is 1. The lowest BCUT2D eigenvalue weighted by atomic mass is 10.0. The van der Waals surface area contributed by atoms with Crippen molar-refractivity contribution in [2.24, 2.45) is 5.73 Å². The SMILES string of the molecule is C[C@H](Oc1ccc(-c2cc(C(N)=O)c(=O)[nH]c2C(F)(F)F)cc1)c1cccc(C#N)c1. The van der Waals surface area contributed by atoms with E-state index >= 15 is 0 Å². The molecule has 0 radical (unpaired) electrons. The summed E-state index contributed by atoms with van der Waals surface area (Å²) in [6.45, 7) is 1.77. The predicted molar refractivity (Wildman–Crippen MR) is 106 cm³/mol. The summed E-state index contributed by atoms with van der Waals surface area (Å²) in [5.41, 5.74) is 2.99. The Hall–Kier alpha value is -4.06. The monoisotopic (exact) mass is 427 g/mol. The molecule has 0 bridgehead atoms. The molecule has 3 N–H and O–H groups in total. The number of carbonyl (C=O) groups is 1. The van der Waals surface area contributed by atoms with E-state index in [4.69, 9.17) is 15.7 Å². The number of rotatable bonds is 5. The number of nitrogens with one attached hydrogen (secondary N) is 1. The standard InChI is InChI=1S/C22H16F3N3O3/c1-12(15-4-2-3-13(9-15)11-26)31-16-7-5-14(6-8-16)17-10-18(20(27)29)21(30)28-19(17)22(23,24)25/h2-10,12H,1H3,(H2,27,29)(H,28,30)/t12-/m0/s1. The van der Waals surface area contributed by atoms with Crippen LogP contribution < -0.4 is 16.0 Å². The molecule has 3 aromatic rings. The normalized spacial score (nSPS) is 12.1. The highest BCUT2D eigenvalue weighted by atomic mass is 19.4. The summed E-state index contributed by atoms with van der Waals surface area (Å²) < 4.78 is 46.0. The number of halogens is 3. The highest BCUT2D eigenvalue weighted by molar-refractivity contribution is 5.94. The van der Waals surface area contributed by atoms with E-state index in [0.29, 0.717) is 11.3 Å². The zero-order chi connectivity index (χ0) is 22.8. The van der Waals surface area contributed by atoms with Crippen LogP contribution in [0.25, 0.3) is 11.1 Å². The Bertz CT molecular complexity index is 1230. The quantitative estimate of drug-likeness (QED) is 0.637. The Morgan fingerprint density at radius 2 is 1.84 bits per heavy atom. The zero-order valence-electron chi connectivity index (χ0n) is 16.2. The molecule has 0 aliphatic rings. The van der Waals surface area contributed by atoms with Crippen molar-refractivity contribution in [1.29, 1.82) is 5.26 Å². The van der Waals surface area contributed by atoms with Gasteiger partial charge in [0, 0.05) is 5.56 Å². The molecular weight excluding hydrogens is 411 g/mol. The summed E-state index contributed by atoms with van der Waals surface area (Å²) in [6, 6.07) is 15.4. The fraction of sp³-hybridized carbons (Fsp3) is 0.136. The largest absolute Gasteiger partial charge is 0.486 e. The van der Waals surface area contributed by atoms with Gasteiger partial charge < -0.3 is 15.5 Å². The van der Waals surface area contributed by atoms with Gasteiger partial charge in [0.15, 0.2) is 0 Å². The number of pyridine rings is 1. The van der Waals surface area contributed by atoms with Crippen LogP contribution in [0.4, 0.5) is 13.2 Å². The minimum absolute atomic E-state index is 0.109. The number of hydrogen-bond donors (Lipinski definition) is 2. The van der Waals surface area contributed by atoms with Crippen molar-refractivity contribution in [1.82, 2.24) is 4.98 Å². The van der Waals surface area contributed by atoms with E-state index in [-0.39, 0.29) is 11.1 Å². The van der Waals surface area contributed by atoms with Crippen molar-refractivity contribution >= 4 is 5.91 Å². The van der Waals surface area contributed by atoms with E-state index in [1.54, 1.807) is 36.2 Å². The van der Waals surface area contributed by atoms with Gasteiger partial charge in [-0.1, -0.05) is 24.3 Å². The Balaban J connectivity index is 1.94. The van der Waals surface area contributed by atoms with E-state index in [2.05, 4.69) is 0 Å². The van der Waals surface area contributed by atoms with Gasteiger partial charge >= 0.3 is 6.18 Å². The lowest BCUT2D eigenvalue weighted by molar-refractivity contribution is -0.140. The van der Waals surface area contributed by atoms with Crippen LogP contribution in [0, 0.1) is 11.3 Å². The number of aromatic nitrogens is 1. The van der Waals surface area contributed by atoms with E-state index in [0.717, 1.165) is 11.6 Å². The molecular formula is C22H16F3N3O3. The third kappa shape index (κ3) is 4.75. The van der Waals surface area contributed by atoms with Gasteiger partial charge in [0.05, 0.1) is 11.6 Å². The molecule has 0 saturated carbocycles. The average molecular weight is 427 g/mol. The fourth-order valence-corrected chi connectivity index (χ4v) is 3.01. The first-order valence-electron chi connectivity index (χ1n) is 9.01. The number of nitrogens with two attached hydrogens (primary N) is 1. The number of alkyl halides is 3. The first kappa shape index (κ1) is 21.6. The second kappa shape index (κ2) is 8.36. The molecule has 158 valence electrons. The van der Waals surface area contributed by atoms with E-state index < -0.39 is 35.0 Å². The molecule has 1 heterocycles. The molecule has 0 fully saturated rings. The van der Waals surface area contributed by atoms with Crippen LogP contribution in [0.2, 0.25) is 0 Å². The predicted octanol–water partition coefficient (Wildman–Crippen LogP) is 4.17. The van der Waals surface area contributed by atoms with Gasteiger partial charge in [-0.05, 0) is 48.4 Å². The molecule has 0 aliphatic carbocycles. The summed E-state index contributed by atoms with van der Waals surface area (Å²) in [4.78, 5) is 24.9. The smallest absolute Gasteiger partial charge is 0.431 e. The van der Waals surface area contributed by atoms with Crippen LogP contribution in [0.15, 0.2) is 59.4 Å². The molecule has 0 unspecified atom stereocenters. The van der Waals surface area contributed by atoms with Crippen LogP contribution in [-0.4, -0.2) is 10.9 Å². The van der Waals surface area contributed by atoms with Gasteiger partial charge in [-0.3, -0.25) is 9.59 Å². The zero-order valence-corrected chi connectivity index (χ0v) is 16.2. The topological polar surface area (TPSA) is 109 Å². The van der Waals surface area contributed by atoms with Crippen molar-refractivity contribution in [3.8, 4) is 22.9 Å². The van der Waals surface area contributed by atoms with Gasteiger partial charge in [0.25, 0.3) is 11.5 Å². The molecule has 1 atom stereocenters. The third-order valence-corrected chi connectivity index (χ3v) is 4.55. The molecule has 9 heteroatoms. The van der Waals surface area contributed by atoms with Crippen molar-refractivity contribution in [3.05, 3.63) is 87.3 Å². The van der Waals surface area contributed by atoms with E-state index in [1.807, 2.05) is 6.07 Å². The third-order valence-electron chi connectivity index (χ3n) is 4.55. The number of hydrogen-bond acceptors (Lipinski definition) is 4. The lowest BCUT2D eigenvalue weighted by Crippen LogP contribution is -2.27. The summed E-state index contributed by atoms with van der Waals surface area (Å²) in [7, 11) is 0. The molecule has 3 rings (SSSR count). The number of amides is 1. The Kier molecular flexibility index (Phi) is 5.83. The van der Waals surface area contributed by atoms with Gasteiger partial charge in [0.1, 0.15) is 23.1 Å². The van der Waals surface area contributed by atoms with Crippen LogP contribution in [0.5, 0.6) is 5.75 Å². The second-order valence-corrected chi connectivity index (χ2v) is 6.68. The number of benzene rings is 2. The van der Waals surface area contributed by atoms with Gasteiger partial charge in [-0.2, -0.15) is 18.4 Å². The minimum atomic E-state index is -4.85. The molecule has 31 heavy (non-hydrogen) atoms. The first-order chi connectivity index (χ1) is 14.6. The van der Waals surface area contributed by atoms with Crippen molar-refractivity contribution in [2.75, 3.05) is 0 Å². The van der Waals surface area contributed by atoms with E-state index in [1.165, 1.54) is 24.3 Å². The van der Waals surface area contributed by atoms with E-state index in [9.17, 15) is 22.8 Å². The van der Waals surface area contributed by atoms with Crippen LogP contribution in [0.1, 0.15) is 40.2 Å². The van der Waals surface area contributed by atoms with Crippen LogP contribution in [0.3, 0.4) is 0 Å². The second-order valence-electron chi connectivity index (χ2n) is 6.68. The Labute approximate surface area is 174 Å². The Morgan fingerprint density at radius 3 is 2.42 bits per heavy atom. The Morgan fingerprint density at radius 1 is 1.16 bits per heavy atom. The summed E-state index contributed by atoms with van der Waals surface area (Å²) in [6.07, 6.45) is -5.26. The number of carbonyl (C=O) groups excluding carboxylic acids is 1. The fourth-order valence-electron chi connectivity index (χ4n) is 3.01. The summed E-state index contributed by atoms with van der Waals surface area (Å²) in [5, 5.41) is 9.00. The maximum absolute atomic E-state index is 13.4. The molecule has 1 amide bonds. The molecule has 0 spiro atoms. The number of nitriles is 1. The molecule has 1 aromatic heterocycles. The van der Waals surface area contributed by atoms with Crippen molar-refractivity contribution in [3.63, 3.8) is 0 Å².